The van der Waals surface area contributed by atoms with E-state index in [-0.39, 0.29) is 12.6 Å². The highest BCUT2D eigenvalue weighted by atomic mass is 16.6. The average molecular weight is 277 g/mol. The molecule has 1 aliphatic rings. The molecule has 0 spiro atoms. The van der Waals surface area contributed by atoms with Crippen LogP contribution < -0.4 is 0 Å². The molecule has 0 saturated heterocycles. The highest BCUT2D eigenvalue weighted by Gasteiger charge is 2.58. The predicted octanol–water partition coefficient (Wildman–Crippen LogP) is 2.65. The van der Waals surface area contributed by atoms with Crippen LogP contribution in [0.5, 0.6) is 0 Å². The maximum absolute atomic E-state index is 12.2. The maximum atomic E-state index is 12.2. The Morgan fingerprint density at radius 1 is 1.30 bits per heavy atom. The van der Waals surface area contributed by atoms with Crippen molar-refractivity contribution >= 4 is 12.1 Å². The lowest BCUT2D eigenvalue weighted by Gasteiger charge is -2.31. The first-order valence-electron chi connectivity index (χ1n) is 6.71. The first kappa shape index (κ1) is 14.4. The lowest BCUT2D eigenvalue weighted by molar-refractivity contribution is -0.145. The quantitative estimate of drug-likeness (QED) is 0.898. The van der Waals surface area contributed by atoms with Crippen LogP contribution in [-0.2, 0) is 16.1 Å². The molecule has 0 atom stereocenters. The minimum atomic E-state index is -1.07. The van der Waals surface area contributed by atoms with Crippen molar-refractivity contribution in [3.63, 3.8) is 0 Å². The summed E-state index contributed by atoms with van der Waals surface area (Å²) in [5.41, 5.74) is -0.188. The lowest BCUT2D eigenvalue weighted by Crippen LogP contribution is -2.51. The fourth-order valence-corrected chi connectivity index (χ4v) is 2.34. The normalized spacial score (nSPS) is 15.8. The van der Waals surface area contributed by atoms with E-state index in [1.807, 2.05) is 30.3 Å². The van der Waals surface area contributed by atoms with Crippen LogP contribution in [0.4, 0.5) is 4.79 Å². The molecule has 5 heteroatoms. The van der Waals surface area contributed by atoms with Crippen molar-refractivity contribution in [2.45, 2.75) is 44.9 Å². The second kappa shape index (κ2) is 5.53. The SMILES string of the molecule is CC(C)N(C(=O)OCc1ccccc1)C1(C(=O)O)CC1. The molecule has 20 heavy (non-hydrogen) atoms. The Labute approximate surface area is 118 Å². The molecule has 108 valence electrons. The summed E-state index contributed by atoms with van der Waals surface area (Å²) in [5, 5.41) is 9.31. The molecule has 1 amide bonds. The zero-order valence-electron chi connectivity index (χ0n) is 11.7. The zero-order chi connectivity index (χ0) is 14.8. The average Bonchev–Trinajstić information content (AvgIpc) is 3.19. The number of carboxylic acids is 1. The van der Waals surface area contributed by atoms with Gasteiger partial charge in [0.2, 0.25) is 0 Å². The van der Waals surface area contributed by atoms with Gasteiger partial charge in [-0.2, -0.15) is 0 Å². The van der Waals surface area contributed by atoms with Crippen LogP contribution in [0.25, 0.3) is 0 Å². The Kier molecular flexibility index (Phi) is 3.97. The summed E-state index contributed by atoms with van der Waals surface area (Å²) in [7, 11) is 0. The summed E-state index contributed by atoms with van der Waals surface area (Å²) in [4.78, 5) is 24.9. The molecule has 1 N–H and O–H groups in total. The standard InChI is InChI=1S/C15H19NO4/c1-11(2)16(15(8-9-15)13(17)18)14(19)20-10-12-6-4-3-5-7-12/h3-7,11H,8-10H2,1-2H3,(H,17,18). The molecule has 0 bridgehead atoms. The van der Waals surface area contributed by atoms with Crippen molar-refractivity contribution in [3.8, 4) is 0 Å². The number of hydrogen-bond acceptors (Lipinski definition) is 3. The number of aliphatic carboxylic acids is 1. The van der Waals surface area contributed by atoms with Gasteiger partial charge in [0, 0.05) is 6.04 Å². The molecule has 2 rings (SSSR count). The smallest absolute Gasteiger partial charge is 0.411 e. The topological polar surface area (TPSA) is 66.8 Å². The maximum Gasteiger partial charge on any atom is 0.411 e. The fourth-order valence-electron chi connectivity index (χ4n) is 2.34. The molecule has 0 radical (unpaired) electrons. The molecular weight excluding hydrogens is 258 g/mol. The van der Waals surface area contributed by atoms with Gasteiger partial charge >= 0.3 is 12.1 Å². The van der Waals surface area contributed by atoms with E-state index in [9.17, 15) is 14.7 Å². The van der Waals surface area contributed by atoms with Crippen molar-refractivity contribution in [1.29, 1.82) is 0 Å². The van der Waals surface area contributed by atoms with E-state index in [4.69, 9.17) is 4.74 Å². The number of benzene rings is 1. The van der Waals surface area contributed by atoms with Crippen LogP contribution in [0.15, 0.2) is 30.3 Å². The number of carbonyl (C=O) groups excluding carboxylic acids is 1. The van der Waals surface area contributed by atoms with E-state index >= 15 is 0 Å². The number of rotatable bonds is 5. The third-order valence-electron chi connectivity index (χ3n) is 3.50. The molecule has 1 saturated carbocycles. The molecular formula is C15H19NO4. The summed E-state index contributed by atoms with van der Waals surface area (Å²) in [6, 6.07) is 9.12. The monoisotopic (exact) mass is 277 g/mol. The Morgan fingerprint density at radius 2 is 1.90 bits per heavy atom. The summed E-state index contributed by atoms with van der Waals surface area (Å²) < 4.78 is 5.25. The summed E-state index contributed by atoms with van der Waals surface area (Å²) >= 11 is 0. The van der Waals surface area contributed by atoms with E-state index < -0.39 is 17.6 Å². The summed E-state index contributed by atoms with van der Waals surface area (Å²) in [6.45, 7) is 3.75. The Bertz CT molecular complexity index is 494. The van der Waals surface area contributed by atoms with Crippen LogP contribution in [0.2, 0.25) is 0 Å². The Morgan fingerprint density at radius 3 is 2.35 bits per heavy atom. The first-order valence-corrected chi connectivity index (χ1v) is 6.71. The number of amides is 1. The number of carboxylic acid groups (broad SMARTS) is 1. The minimum absolute atomic E-state index is 0.151. The van der Waals surface area contributed by atoms with Gasteiger partial charge in [-0.3, -0.25) is 4.90 Å². The molecule has 1 aromatic rings. The van der Waals surface area contributed by atoms with Crippen molar-refractivity contribution in [1.82, 2.24) is 4.90 Å². The third-order valence-corrected chi connectivity index (χ3v) is 3.50. The zero-order valence-corrected chi connectivity index (χ0v) is 11.7. The fraction of sp³-hybridized carbons (Fsp3) is 0.467. The van der Waals surface area contributed by atoms with Gasteiger partial charge in [0.25, 0.3) is 0 Å². The molecule has 1 fully saturated rings. The van der Waals surface area contributed by atoms with Gasteiger partial charge in [0.15, 0.2) is 0 Å². The van der Waals surface area contributed by atoms with E-state index in [1.165, 1.54) is 4.90 Å². The highest BCUT2D eigenvalue weighted by Crippen LogP contribution is 2.43. The number of hydrogen-bond donors (Lipinski definition) is 1. The molecule has 0 aromatic heterocycles. The second-order valence-electron chi connectivity index (χ2n) is 5.34. The van der Waals surface area contributed by atoms with Gasteiger partial charge in [-0.15, -0.1) is 0 Å². The van der Waals surface area contributed by atoms with Crippen LogP contribution in [0, 0.1) is 0 Å². The molecule has 0 heterocycles. The van der Waals surface area contributed by atoms with Crippen LogP contribution in [0.3, 0.4) is 0 Å². The van der Waals surface area contributed by atoms with Gasteiger partial charge in [-0.1, -0.05) is 30.3 Å². The van der Waals surface area contributed by atoms with E-state index in [2.05, 4.69) is 0 Å². The number of nitrogens with zero attached hydrogens (tertiary/aromatic N) is 1. The second-order valence-corrected chi connectivity index (χ2v) is 5.34. The molecule has 0 aliphatic heterocycles. The van der Waals surface area contributed by atoms with Gasteiger partial charge in [-0.05, 0) is 32.3 Å². The Hall–Kier alpha value is -2.04. The molecule has 5 nitrogen and oxygen atoms in total. The molecule has 0 unspecified atom stereocenters. The Balaban J connectivity index is 2.04. The summed E-state index contributed by atoms with van der Waals surface area (Å²) in [5.74, 6) is -0.956. The van der Waals surface area contributed by atoms with E-state index in [0.29, 0.717) is 12.8 Å². The van der Waals surface area contributed by atoms with Gasteiger partial charge < -0.3 is 9.84 Å². The molecule has 1 aromatic carbocycles. The summed E-state index contributed by atoms with van der Waals surface area (Å²) in [6.07, 6.45) is 0.408. The number of carbonyl (C=O) groups is 2. The molecule has 1 aliphatic carbocycles. The third kappa shape index (κ3) is 2.76. The van der Waals surface area contributed by atoms with Crippen molar-refractivity contribution in [2.75, 3.05) is 0 Å². The van der Waals surface area contributed by atoms with Crippen LogP contribution in [0.1, 0.15) is 32.3 Å². The largest absolute Gasteiger partial charge is 0.479 e. The van der Waals surface area contributed by atoms with Crippen LogP contribution in [-0.4, -0.2) is 33.6 Å². The van der Waals surface area contributed by atoms with E-state index in [0.717, 1.165) is 5.56 Å². The van der Waals surface area contributed by atoms with Gasteiger partial charge in [-0.25, -0.2) is 9.59 Å². The lowest BCUT2D eigenvalue weighted by atomic mass is 10.2. The predicted molar refractivity (Wildman–Crippen MR) is 73.2 cm³/mol. The van der Waals surface area contributed by atoms with E-state index in [1.54, 1.807) is 13.8 Å². The van der Waals surface area contributed by atoms with Crippen molar-refractivity contribution in [2.24, 2.45) is 0 Å². The highest BCUT2D eigenvalue weighted by molar-refractivity contribution is 5.87. The number of ether oxygens (including phenoxy) is 1. The van der Waals surface area contributed by atoms with Crippen molar-refractivity contribution < 1.29 is 19.4 Å². The van der Waals surface area contributed by atoms with Gasteiger partial charge in [0.1, 0.15) is 12.1 Å². The minimum Gasteiger partial charge on any atom is -0.479 e. The van der Waals surface area contributed by atoms with Crippen LogP contribution >= 0.6 is 0 Å². The first-order chi connectivity index (χ1) is 9.47. The van der Waals surface area contributed by atoms with Gasteiger partial charge in [0.05, 0.1) is 0 Å². The van der Waals surface area contributed by atoms with Crippen molar-refractivity contribution in [3.05, 3.63) is 35.9 Å².